The number of rotatable bonds is 11. The van der Waals surface area contributed by atoms with Gasteiger partial charge in [0.2, 0.25) is 28.6 Å². The van der Waals surface area contributed by atoms with Crippen LogP contribution in [0.4, 0.5) is 5.69 Å². The number of amides is 2. The van der Waals surface area contributed by atoms with Gasteiger partial charge in [-0.25, -0.2) is 8.42 Å². The zero-order valence-electron chi connectivity index (χ0n) is 22.8. The van der Waals surface area contributed by atoms with E-state index >= 15 is 0 Å². The van der Waals surface area contributed by atoms with E-state index in [1.54, 1.807) is 44.4 Å². The quantitative estimate of drug-likeness (QED) is 0.459. The Morgan fingerprint density at radius 2 is 1.74 bits per heavy atom. The monoisotopic (exact) mass is 547 g/mol. The molecule has 10 nitrogen and oxygen atoms in total. The number of hydrogen-bond donors (Lipinski definition) is 1. The van der Waals surface area contributed by atoms with E-state index in [9.17, 15) is 18.0 Å². The van der Waals surface area contributed by atoms with Crippen LogP contribution in [0.2, 0.25) is 0 Å². The lowest BCUT2D eigenvalue weighted by Gasteiger charge is -2.32. The zero-order chi connectivity index (χ0) is 28.1. The molecule has 208 valence electrons. The average Bonchev–Trinajstić information content (AvgIpc) is 3.31. The van der Waals surface area contributed by atoms with Crippen molar-refractivity contribution in [1.29, 1.82) is 0 Å². The fraction of sp³-hybridized carbons (Fsp3) is 0.481. The second-order valence-electron chi connectivity index (χ2n) is 10.3. The molecular weight excluding hydrogens is 510 g/mol. The number of benzene rings is 2. The molecular formula is C27H37N3O7S. The molecule has 1 aliphatic rings. The molecule has 2 amide bonds. The number of sulfonamides is 1. The first kappa shape index (κ1) is 29.1. The maximum absolute atomic E-state index is 13.4. The van der Waals surface area contributed by atoms with Crippen molar-refractivity contribution in [3.63, 3.8) is 0 Å². The first-order valence-corrected chi connectivity index (χ1v) is 14.2. The van der Waals surface area contributed by atoms with Crippen LogP contribution < -0.4 is 23.8 Å². The summed E-state index contributed by atoms with van der Waals surface area (Å²) < 4.78 is 42.3. The summed E-state index contributed by atoms with van der Waals surface area (Å²) in [5, 5.41) is 2.93. The third-order valence-electron chi connectivity index (χ3n) is 5.97. The number of anilines is 1. The number of hydrogen-bond acceptors (Lipinski definition) is 7. The van der Waals surface area contributed by atoms with Gasteiger partial charge in [-0.1, -0.05) is 12.1 Å². The highest BCUT2D eigenvalue weighted by Gasteiger charge is 2.29. The summed E-state index contributed by atoms with van der Waals surface area (Å²) in [6.45, 7) is 7.72. The average molecular weight is 548 g/mol. The van der Waals surface area contributed by atoms with Crippen molar-refractivity contribution in [2.75, 3.05) is 31.0 Å². The van der Waals surface area contributed by atoms with Gasteiger partial charge in [-0.15, -0.1) is 0 Å². The second kappa shape index (κ2) is 11.9. The molecule has 38 heavy (non-hydrogen) atoms. The predicted molar refractivity (Wildman–Crippen MR) is 145 cm³/mol. The lowest BCUT2D eigenvalue weighted by atomic mass is 10.1. The van der Waals surface area contributed by atoms with Crippen LogP contribution in [0.1, 0.15) is 46.1 Å². The SMILES string of the molecule is COc1ccc(CN(C(=O)CCCN(c2ccc3c(c2)OCO3)S(C)(=O)=O)C(C)C(=O)NC(C)(C)C)cc1. The van der Waals surface area contributed by atoms with Gasteiger partial charge >= 0.3 is 0 Å². The maximum Gasteiger partial charge on any atom is 0.242 e. The molecule has 3 rings (SSSR count). The molecule has 1 aliphatic heterocycles. The minimum absolute atomic E-state index is 0.0554. The van der Waals surface area contributed by atoms with Crippen molar-refractivity contribution in [3.05, 3.63) is 48.0 Å². The molecule has 0 spiro atoms. The van der Waals surface area contributed by atoms with Gasteiger partial charge in [-0.05, 0) is 63.9 Å². The van der Waals surface area contributed by atoms with Gasteiger partial charge in [0.25, 0.3) is 0 Å². The standard InChI is InChI=1S/C27H37N3O7S/c1-19(26(32)28-27(2,3)4)29(17-20-9-12-22(35-5)13-10-20)25(31)8-7-15-30(38(6,33)34)21-11-14-23-24(16-21)37-18-36-23/h9-14,16,19H,7-8,15,17-18H2,1-6H3,(H,28,32). The molecule has 0 fully saturated rings. The van der Waals surface area contributed by atoms with E-state index < -0.39 is 21.6 Å². The van der Waals surface area contributed by atoms with Crippen LogP contribution in [0.3, 0.4) is 0 Å². The molecule has 1 N–H and O–H groups in total. The molecule has 1 heterocycles. The Morgan fingerprint density at radius 3 is 2.34 bits per heavy atom. The number of fused-ring (bicyclic) bond motifs is 1. The van der Waals surface area contributed by atoms with Crippen molar-refractivity contribution in [2.24, 2.45) is 0 Å². The number of carbonyl (C=O) groups excluding carboxylic acids is 2. The summed E-state index contributed by atoms with van der Waals surface area (Å²) in [6.07, 6.45) is 1.43. The number of nitrogens with zero attached hydrogens (tertiary/aromatic N) is 2. The van der Waals surface area contributed by atoms with Crippen LogP contribution in [-0.2, 0) is 26.2 Å². The molecule has 2 aromatic rings. The fourth-order valence-electron chi connectivity index (χ4n) is 4.03. The maximum atomic E-state index is 13.4. The third-order valence-corrected chi connectivity index (χ3v) is 7.17. The van der Waals surface area contributed by atoms with Crippen molar-refractivity contribution in [2.45, 2.75) is 58.7 Å². The Labute approximate surface area is 224 Å². The van der Waals surface area contributed by atoms with Gasteiger partial charge < -0.3 is 24.4 Å². The van der Waals surface area contributed by atoms with Crippen LogP contribution in [-0.4, -0.2) is 63.4 Å². The molecule has 0 radical (unpaired) electrons. The van der Waals surface area contributed by atoms with Gasteiger partial charge in [-0.2, -0.15) is 0 Å². The van der Waals surface area contributed by atoms with E-state index in [2.05, 4.69) is 5.32 Å². The van der Waals surface area contributed by atoms with Crippen molar-refractivity contribution in [1.82, 2.24) is 10.2 Å². The lowest BCUT2D eigenvalue weighted by Crippen LogP contribution is -2.52. The van der Waals surface area contributed by atoms with Gasteiger partial charge in [-0.3, -0.25) is 13.9 Å². The third kappa shape index (κ3) is 7.77. The Balaban J connectivity index is 1.74. The van der Waals surface area contributed by atoms with Crippen LogP contribution in [0.5, 0.6) is 17.2 Å². The lowest BCUT2D eigenvalue weighted by molar-refractivity contribution is -0.141. The molecule has 0 saturated heterocycles. The second-order valence-corrected chi connectivity index (χ2v) is 12.2. The number of methoxy groups -OCH3 is 1. The number of ether oxygens (including phenoxy) is 3. The highest BCUT2D eigenvalue weighted by atomic mass is 32.2. The van der Waals surface area contributed by atoms with E-state index in [4.69, 9.17) is 14.2 Å². The molecule has 11 heteroatoms. The number of nitrogens with one attached hydrogen (secondary N) is 1. The number of carbonyl (C=O) groups is 2. The van der Waals surface area contributed by atoms with E-state index in [1.165, 1.54) is 9.21 Å². The van der Waals surface area contributed by atoms with Crippen molar-refractivity contribution in [3.8, 4) is 17.2 Å². The Bertz CT molecular complexity index is 1240. The van der Waals surface area contributed by atoms with Gasteiger partial charge in [0.05, 0.1) is 19.1 Å². The zero-order valence-corrected chi connectivity index (χ0v) is 23.6. The molecule has 1 unspecified atom stereocenters. The van der Waals surface area contributed by atoms with Gasteiger partial charge in [0.1, 0.15) is 11.8 Å². The summed E-state index contributed by atoms with van der Waals surface area (Å²) >= 11 is 0. The summed E-state index contributed by atoms with van der Waals surface area (Å²) in [5.74, 6) is 1.19. The topological polar surface area (TPSA) is 114 Å². The van der Waals surface area contributed by atoms with Crippen LogP contribution >= 0.6 is 0 Å². The molecule has 0 saturated carbocycles. The van der Waals surface area contributed by atoms with Gasteiger partial charge in [0.15, 0.2) is 11.5 Å². The molecule has 2 aromatic carbocycles. The van der Waals surface area contributed by atoms with E-state index in [0.717, 1.165) is 11.8 Å². The first-order chi connectivity index (χ1) is 17.8. The molecule has 0 aliphatic carbocycles. The van der Waals surface area contributed by atoms with E-state index in [0.29, 0.717) is 22.9 Å². The van der Waals surface area contributed by atoms with Crippen molar-refractivity contribution >= 4 is 27.5 Å². The molecule has 1 atom stereocenters. The summed E-state index contributed by atoms with van der Waals surface area (Å²) in [7, 11) is -2.05. The van der Waals surface area contributed by atoms with E-state index in [1.807, 2.05) is 32.9 Å². The summed E-state index contributed by atoms with van der Waals surface area (Å²) in [5.41, 5.74) is 0.811. The Kier molecular flexibility index (Phi) is 9.14. The normalized spacial score (nSPS) is 13.5. The fourth-order valence-corrected chi connectivity index (χ4v) is 4.99. The summed E-state index contributed by atoms with van der Waals surface area (Å²) in [6, 6.07) is 11.5. The largest absolute Gasteiger partial charge is 0.497 e. The highest BCUT2D eigenvalue weighted by Crippen LogP contribution is 2.36. The molecule has 0 bridgehead atoms. The van der Waals surface area contributed by atoms with Crippen LogP contribution in [0.15, 0.2) is 42.5 Å². The first-order valence-electron chi connectivity index (χ1n) is 12.4. The minimum atomic E-state index is -3.62. The Morgan fingerprint density at radius 1 is 1.08 bits per heavy atom. The minimum Gasteiger partial charge on any atom is -0.497 e. The van der Waals surface area contributed by atoms with Crippen LogP contribution in [0, 0.1) is 0 Å². The summed E-state index contributed by atoms with van der Waals surface area (Å²) in [4.78, 5) is 27.9. The van der Waals surface area contributed by atoms with Crippen LogP contribution in [0.25, 0.3) is 0 Å². The van der Waals surface area contributed by atoms with Crippen molar-refractivity contribution < 1.29 is 32.2 Å². The Hall–Kier alpha value is -3.47. The highest BCUT2D eigenvalue weighted by molar-refractivity contribution is 7.92. The van der Waals surface area contributed by atoms with Gasteiger partial charge in [0, 0.05) is 31.1 Å². The smallest absolute Gasteiger partial charge is 0.242 e. The van der Waals surface area contributed by atoms with E-state index in [-0.39, 0.29) is 44.5 Å². The predicted octanol–water partition coefficient (Wildman–Crippen LogP) is 3.30. The molecule has 0 aromatic heterocycles.